The second-order valence-electron chi connectivity index (χ2n) is 15.5. The molecule has 0 aliphatic carbocycles. The van der Waals surface area contributed by atoms with Crippen LogP contribution in [-0.4, -0.2) is 49.4 Å². The highest BCUT2D eigenvalue weighted by molar-refractivity contribution is 5.92. The van der Waals surface area contributed by atoms with Gasteiger partial charge >= 0.3 is 17.9 Å². The standard InChI is InChI=1S/C33H53NO7/c1-13-33(19-23(27(37)38)28(39)40,22-17-31(9,10)34(41-20(2)35)32(11,12)18-22)16-21-14-24(29(3,4)5)26(36)25(15-21)30(6,7)8/h14-15,22-23,36H,13,16-19H2,1-12H3,(H,37,38)(H,39,40). The number of piperidine rings is 1. The fourth-order valence-corrected chi connectivity index (χ4v) is 7.05. The maximum absolute atomic E-state index is 12.2. The lowest BCUT2D eigenvalue weighted by molar-refractivity contribution is -0.276. The molecule has 8 nitrogen and oxygen atoms in total. The minimum atomic E-state index is -1.56. The van der Waals surface area contributed by atoms with Crippen molar-refractivity contribution in [1.29, 1.82) is 0 Å². The molecular weight excluding hydrogens is 522 g/mol. The van der Waals surface area contributed by atoms with Crippen molar-refractivity contribution in [2.24, 2.45) is 17.3 Å². The minimum absolute atomic E-state index is 0.0326. The molecule has 232 valence electrons. The third-order valence-corrected chi connectivity index (χ3v) is 8.93. The zero-order chi connectivity index (χ0) is 31.9. The summed E-state index contributed by atoms with van der Waals surface area (Å²) in [5.74, 6) is -4.46. The first-order valence-corrected chi connectivity index (χ1v) is 14.7. The normalized spacial score (nSPS) is 19.5. The van der Waals surface area contributed by atoms with E-state index in [1.807, 2.05) is 88.3 Å². The highest BCUT2D eigenvalue weighted by atomic mass is 16.7. The van der Waals surface area contributed by atoms with Crippen molar-refractivity contribution in [1.82, 2.24) is 5.06 Å². The third-order valence-electron chi connectivity index (χ3n) is 8.93. The van der Waals surface area contributed by atoms with Gasteiger partial charge in [0.05, 0.1) is 11.1 Å². The summed E-state index contributed by atoms with van der Waals surface area (Å²) in [6, 6.07) is 4.02. The average molecular weight is 576 g/mol. The Morgan fingerprint density at radius 2 is 1.34 bits per heavy atom. The molecule has 1 fully saturated rings. The van der Waals surface area contributed by atoms with Crippen molar-refractivity contribution >= 4 is 17.9 Å². The summed E-state index contributed by atoms with van der Waals surface area (Å²) in [6.07, 6.45) is 2.15. The molecule has 0 amide bonds. The van der Waals surface area contributed by atoms with Crippen LogP contribution < -0.4 is 0 Å². The highest BCUT2D eigenvalue weighted by Crippen LogP contribution is 2.54. The van der Waals surface area contributed by atoms with E-state index in [1.54, 1.807) is 5.06 Å². The number of aliphatic carboxylic acids is 2. The number of carbonyl (C=O) groups is 3. The molecule has 1 aliphatic heterocycles. The van der Waals surface area contributed by atoms with E-state index in [2.05, 4.69) is 0 Å². The molecular formula is C33H53NO7. The van der Waals surface area contributed by atoms with Crippen LogP contribution in [0.15, 0.2) is 12.1 Å². The lowest BCUT2D eigenvalue weighted by Gasteiger charge is -2.57. The lowest BCUT2D eigenvalue weighted by atomic mass is 9.57. The van der Waals surface area contributed by atoms with Crippen LogP contribution in [0.5, 0.6) is 5.75 Å². The van der Waals surface area contributed by atoms with Crippen molar-refractivity contribution in [2.45, 2.75) is 137 Å². The van der Waals surface area contributed by atoms with E-state index >= 15 is 0 Å². The first-order valence-electron chi connectivity index (χ1n) is 14.7. The zero-order valence-electron chi connectivity index (χ0n) is 27.3. The molecule has 1 saturated heterocycles. The number of rotatable bonds is 9. The number of phenolic OH excluding ortho intramolecular Hbond substituents is 1. The summed E-state index contributed by atoms with van der Waals surface area (Å²) in [5, 5.41) is 33.0. The quantitative estimate of drug-likeness (QED) is 0.273. The van der Waals surface area contributed by atoms with E-state index in [0.29, 0.717) is 25.7 Å². The van der Waals surface area contributed by atoms with Crippen molar-refractivity contribution in [3.05, 3.63) is 28.8 Å². The Balaban J connectivity index is 2.82. The van der Waals surface area contributed by atoms with E-state index in [9.17, 15) is 29.7 Å². The van der Waals surface area contributed by atoms with Gasteiger partial charge in [0.1, 0.15) is 5.75 Å². The molecule has 0 saturated carbocycles. The number of carboxylic acid groups (broad SMARTS) is 2. The van der Waals surface area contributed by atoms with Gasteiger partial charge in [0.15, 0.2) is 5.92 Å². The summed E-state index contributed by atoms with van der Waals surface area (Å²) < 4.78 is 0. The van der Waals surface area contributed by atoms with Crippen LogP contribution >= 0.6 is 0 Å². The molecule has 1 atom stereocenters. The smallest absolute Gasteiger partial charge is 0.322 e. The Kier molecular flexibility index (Phi) is 9.77. The van der Waals surface area contributed by atoms with Crippen LogP contribution in [0, 0.1) is 17.3 Å². The fraction of sp³-hybridized carbons (Fsp3) is 0.727. The molecule has 1 heterocycles. The molecule has 0 aromatic heterocycles. The van der Waals surface area contributed by atoms with Gasteiger partial charge in [-0.25, -0.2) is 0 Å². The van der Waals surface area contributed by atoms with Crippen LogP contribution in [0.4, 0.5) is 0 Å². The molecule has 1 unspecified atom stereocenters. The molecule has 2 rings (SSSR count). The second-order valence-corrected chi connectivity index (χ2v) is 15.5. The molecule has 8 heteroatoms. The summed E-state index contributed by atoms with van der Waals surface area (Å²) in [6.45, 7) is 23.7. The maximum Gasteiger partial charge on any atom is 0.322 e. The molecule has 1 aromatic rings. The number of hydrogen-bond acceptors (Lipinski definition) is 6. The van der Waals surface area contributed by atoms with Crippen molar-refractivity contribution in [3.8, 4) is 5.75 Å². The van der Waals surface area contributed by atoms with Gasteiger partial charge in [-0.1, -0.05) is 60.6 Å². The molecule has 41 heavy (non-hydrogen) atoms. The van der Waals surface area contributed by atoms with Crippen molar-refractivity contribution in [2.75, 3.05) is 0 Å². The van der Waals surface area contributed by atoms with Gasteiger partial charge in [-0.05, 0) is 98.7 Å². The van der Waals surface area contributed by atoms with Gasteiger partial charge in [-0.2, -0.15) is 0 Å². The van der Waals surface area contributed by atoms with Gasteiger partial charge in [0.25, 0.3) is 0 Å². The Hall–Kier alpha value is -2.61. The Morgan fingerprint density at radius 1 is 0.927 bits per heavy atom. The first-order chi connectivity index (χ1) is 18.4. The SMILES string of the molecule is CCC(Cc1cc(C(C)(C)C)c(O)c(C(C)(C)C)c1)(CC(C(=O)O)C(=O)O)C1CC(C)(C)N(OC(C)=O)C(C)(C)C1. The number of phenols is 1. The van der Waals surface area contributed by atoms with Gasteiger partial charge in [-0.15, -0.1) is 5.06 Å². The number of carboxylic acids is 2. The van der Waals surface area contributed by atoms with Gasteiger partial charge in [0, 0.05) is 6.92 Å². The van der Waals surface area contributed by atoms with E-state index in [0.717, 1.165) is 16.7 Å². The summed E-state index contributed by atoms with van der Waals surface area (Å²) in [7, 11) is 0. The number of nitrogens with zero attached hydrogens (tertiary/aromatic N) is 1. The lowest BCUT2D eigenvalue weighted by Crippen LogP contribution is -2.63. The third kappa shape index (κ3) is 7.62. The number of carbonyl (C=O) groups excluding carboxylic acids is 1. The van der Waals surface area contributed by atoms with Crippen LogP contribution in [-0.2, 0) is 36.5 Å². The zero-order valence-corrected chi connectivity index (χ0v) is 27.3. The average Bonchev–Trinajstić information content (AvgIpc) is 2.77. The minimum Gasteiger partial charge on any atom is -0.507 e. The van der Waals surface area contributed by atoms with E-state index in [-0.39, 0.29) is 28.9 Å². The molecule has 1 aliphatic rings. The topological polar surface area (TPSA) is 124 Å². The second kappa shape index (κ2) is 11.6. The molecule has 0 spiro atoms. The van der Waals surface area contributed by atoms with Gasteiger partial charge in [0.2, 0.25) is 0 Å². The number of hydrogen-bond donors (Lipinski definition) is 3. The Labute approximate surface area is 246 Å². The van der Waals surface area contributed by atoms with Crippen molar-refractivity contribution in [3.63, 3.8) is 0 Å². The van der Waals surface area contributed by atoms with Crippen LogP contribution in [0.2, 0.25) is 0 Å². The van der Waals surface area contributed by atoms with Crippen molar-refractivity contribution < 1.29 is 34.5 Å². The predicted molar refractivity (Wildman–Crippen MR) is 160 cm³/mol. The fourth-order valence-electron chi connectivity index (χ4n) is 7.05. The van der Waals surface area contributed by atoms with Gasteiger partial charge in [-0.3, -0.25) is 14.4 Å². The molecule has 0 radical (unpaired) electrons. The van der Waals surface area contributed by atoms with Gasteiger partial charge < -0.3 is 20.2 Å². The Bertz CT molecular complexity index is 1090. The largest absolute Gasteiger partial charge is 0.507 e. The first kappa shape index (κ1) is 34.6. The number of hydroxylamine groups is 2. The summed E-state index contributed by atoms with van der Waals surface area (Å²) in [4.78, 5) is 42.2. The molecule has 3 N–H and O–H groups in total. The van der Waals surface area contributed by atoms with E-state index < -0.39 is 40.3 Å². The van der Waals surface area contributed by atoms with Crippen LogP contribution in [0.25, 0.3) is 0 Å². The molecule has 0 bridgehead atoms. The van der Waals surface area contributed by atoms with E-state index in [1.165, 1.54) is 6.92 Å². The highest BCUT2D eigenvalue weighted by Gasteiger charge is 2.54. The van der Waals surface area contributed by atoms with E-state index in [4.69, 9.17) is 4.84 Å². The monoisotopic (exact) mass is 575 g/mol. The summed E-state index contributed by atoms with van der Waals surface area (Å²) >= 11 is 0. The maximum atomic E-state index is 12.2. The summed E-state index contributed by atoms with van der Waals surface area (Å²) in [5.41, 5.74) is 0.0152. The van der Waals surface area contributed by atoms with Crippen LogP contribution in [0.1, 0.15) is 125 Å². The number of benzene rings is 1. The Morgan fingerprint density at radius 3 is 1.66 bits per heavy atom. The number of aromatic hydroxyl groups is 1. The van der Waals surface area contributed by atoms with Crippen LogP contribution in [0.3, 0.4) is 0 Å². The predicted octanol–water partition coefficient (Wildman–Crippen LogP) is 6.85. The molecule has 1 aromatic carbocycles.